The molecule has 2 aromatic carbocycles. The number of carboxylic acid groups (broad SMARTS) is 1. The molecule has 0 bridgehead atoms. The zero-order valence-electron chi connectivity index (χ0n) is 18.0. The lowest BCUT2D eigenvalue weighted by Crippen LogP contribution is -2.50. The molecule has 0 radical (unpaired) electrons. The first-order chi connectivity index (χ1) is 15.4. The highest BCUT2D eigenvalue weighted by atomic mass is 16.5. The minimum Gasteiger partial charge on any atom is -0.481 e. The van der Waals surface area contributed by atoms with Crippen LogP contribution < -0.4 is 10.6 Å². The molecule has 4 rings (SSSR count). The first-order valence-corrected chi connectivity index (χ1v) is 11.1. The third-order valence-corrected chi connectivity index (χ3v) is 6.37. The van der Waals surface area contributed by atoms with Gasteiger partial charge < -0.3 is 20.5 Å². The molecule has 168 valence electrons. The van der Waals surface area contributed by atoms with E-state index in [1.165, 1.54) is 0 Å². The summed E-state index contributed by atoms with van der Waals surface area (Å²) in [5.74, 6) is -1.24. The maximum Gasteiger partial charge on any atom is 0.407 e. The van der Waals surface area contributed by atoms with Crippen molar-refractivity contribution < 1.29 is 24.2 Å². The van der Waals surface area contributed by atoms with Gasteiger partial charge in [-0.05, 0) is 47.4 Å². The molecule has 7 heteroatoms. The molecule has 32 heavy (non-hydrogen) atoms. The molecule has 3 unspecified atom stereocenters. The van der Waals surface area contributed by atoms with E-state index in [0.717, 1.165) is 41.5 Å². The molecule has 1 fully saturated rings. The van der Waals surface area contributed by atoms with Crippen LogP contribution in [0, 0.1) is 5.92 Å². The third-order valence-electron chi connectivity index (χ3n) is 6.37. The Morgan fingerprint density at radius 2 is 1.66 bits per heavy atom. The Kier molecular flexibility index (Phi) is 6.44. The van der Waals surface area contributed by atoms with Crippen molar-refractivity contribution in [2.75, 3.05) is 6.61 Å². The van der Waals surface area contributed by atoms with E-state index < -0.39 is 30.4 Å². The van der Waals surface area contributed by atoms with Gasteiger partial charge in [0.15, 0.2) is 0 Å². The number of benzene rings is 2. The molecule has 2 aromatic rings. The van der Waals surface area contributed by atoms with Crippen molar-refractivity contribution in [2.24, 2.45) is 5.92 Å². The van der Waals surface area contributed by atoms with Gasteiger partial charge in [0.2, 0.25) is 5.91 Å². The number of hydrogen-bond acceptors (Lipinski definition) is 4. The molecular weight excluding hydrogens is 408 g/mol. The highest BCUT2D eigenvalue weighted by molar-refractivity contribution is 5.89. The van der Waals surface area contributed by atoms with Gasteiger partial charge >= 0.3 is 12.1 Å². The first kappa shape index (κ1) is 21.9. The first-order valence-electron chi connectivity index (χ1n) is 11.1. The Morgan fingerprint density at radius 3 is 2.22 bits per heavy atom. The average molecular weight is 437 g/mol. The molecule has 2 aliphatic carbocycles. The van der Waals surface area contributed by atoms with E-state index in [2.05, 4.69) is 17.6 Å². The van der Waals surface area contributed by atoms with Gasteiger partial charge in [-0.1, -0.05) is 55.5 Å². The van der Waals surface area contributed by atoms with E-state index in [1.807, 2.05) is 48.5 Å². The number of nitrogens with one attached hydrogen (secondary N) is 2. The number of carbonyl (C=O) groups is 3. The molecule has 2 aliphatic rings. The second-order valence-corrected chi connectivity index (χ2v) is 8.74. The monoisotopic (exact) mass is 436 g/mol. The minimum absolute atomic E-state index is 0.0121. The van der Waals surface area contributed by atoms with Crippen LogP contribution in [0.25, 0.3) is 11.1 Å². The summed E-state index contributed by atoms with van der Waals surface area (Å²) in [6.45, 7) is 2.22. The van der Waals surface area contributed by atoms with Crippen molar-refractivity contribution in [3.05, 3.63) is 59.7 Å². The molecule has 0 aliphatic heterocycles. The predicted molar refractivity (Wildman–Crippen MR) is 119 cm³/mol. The maximum absolute atomic E-state index is 12.6. The Hall–Kier alpha value is -3.35. The second kappa shape index (κ2) is 9.42. The molecular formula is C25H28N2O5. The number of alkyl carbamates (subject to hydrolysis) is 1. The molecule has 0 spiro atoms. The molecule has 7 nitrogen and oxygen atoms in total. The van der Waals surface area contributed by atoms with Gasteiger partial charge in [-0.15, -0.1) is 0 Å². The normalized spacial score (nSPS) is 20.2. The van der Waals surface area contributed by atoms with Crippen LogP contribution in [-0.4, -0.2) is 41.8 Å². The summed E-state index contributed by atoms with van der Waals surface area (Å²) in [4.78, 5) is 36.4. The van der Waals surface area contributed by atoms with Gasteiger partial charge in [-0.2, -0.15) is 0 Å². The van der Waals surface area contributed by atoms with Gasteiger partial charge in [0, 0.05) is 12.0 Å². The van der Waals surface area contributed by atoms with E-state index in [-0.39, 0.29) is 18.6 Å². The van der Waals surface area contributed by atoms with Gasteiger partial charge in [0.25, 0.3) is 0 Å². The van der Waals surface area contributed by atoms with Crippen molar-refractivity contribution in [1.82, 2.24) is 10.6 Å². The fourth-order valence-electron chi connectivity index (χ4n) is 4.81. The summed E-state index contributed by atoms with van der Waals surface area (Å²) in [5, 5.41) is 14.5. The maximum atomic E-state index is 12.6. The number of fused-ring (bicyclic) bond motifs is 3. The highest BCUT2D eigenvalue weighted by Crippen LogP contribution is 2.44. The van der Waals surface area contributed by atoms with E-state index >= 15 is 0 Å². The molecule has 2 amide bonds. The van der Waals surface area contributed by atoms with Crippen LogP contribution in [0.2, 0.25) is 0 Å². The van der Waals surface area contributed by atoms with Crippen LogP contribution >= 0.6 is 0 Å². The summed E-state index contributed by atoms with van der Waals surface area (Å²) < 4.78 is 5.47. The largest absolute Gasteiger partial charge is 0.481 e. The van der Waals surface area contributed by atoms with Crippen LogP contribution in [-0.2, 0) is 14.3 Å². The number of hydrogen-bond donors (Lipinski definition) is 3. The van der Waals surface area contributed by atoms with Gasteiger partial charge in [-0.3, -0.25) is 9.59 Å². The third kappa shape index (κ3) is 4.77. The van der Waals surface area contributed by atoms with Crippen LogP contribution in [0.15, 0.2) is 48.5 Å². The topological polar surface area (TPSA) is 105 Å². The van der Waals surface area contributed by atoms with Crippen molar-refractivity contribution >= 4 is 18.0 Å². The summed E-state index contributed by atoms with van der Waals surface area (Å²) >= 11 is 0. The molecule has 1 saturated carbocycles. The molecule has 0 saturated heterocycles. The SMILES string of the molecule is CC1CCC(NC(=O)C(CC(=O)O)NC(=O)OCC2c3ccccc3-c3ccccc32)C1. The summed E-state index contributed by atoms with van der Waals surface area (Å²) in [6, 6.07) is 14.8. The van der Waals surface area contributed by atoms with E-state index in [4.69, 9.17) is 4.74 Å². The fourth-order valence-corrected chi connectivity index (χ4v) is 4.81. The van der Waals surface area contributed by atoms with Crippen LogP contribution in [0.4, 0.5) is 4.79 Å². The standard InChI is InChI=1S/C25H28N2O5/c1-15-10-11-16(12-15)26-24(30)22(13-23(28)29)27-25(31)32-14-21-19-8-4-2-6-17(19)18-7-3-5-9-20(18)21/h2-9,15-16,21-22H,10-14H2,1H3,(H,26,30)(H,27,31)(H,28,29). The average Bonchev–Trinajstić information content (AvgIpc) is 3.32. The van der Waals surface area contributed by atoms with Crippen LogP contribution in [0.5, 0.6) is 0 Å². The smallest absolute Gasteiger partial charge is 0.407 e. The summed E-state index contributed by atoms with van der Waals surface area (Å²) in [7, 11) is 0. The van der Waals surface area contributed by atoms with E-state index in [0.29, 0.717) is 5.92 Å². The van der Waals surface area contributed by atoms with Crippen LogP contribution in [0.1, 0.15) is 49.7 Å². The molecule has 3 N–H and O–H groups in total. The Labute approximate surface area is 187 Å². The lowest BCUT2D eigenvalue weighted by Gasteiger charge is -2.20. The number of rotatable bonds is 7. The van der Waals surface area contributed by atoms with Gasteiger partial charge in [-0.25, -0.2) is 4.79 Å². The van der Waals surface area contributed by atoms with Crippen LogP contribution in [0.3, 0.4) is 0 Å². The van der Waals surface area contributed by atoms with Crippen molar-refractivity contribution in [1.29, 1.82) is 0 Å². The zero-order valence-corrected chi connectivity index (χ0v) is 18.0. The number of aliphatic carboxylic acids is 1. The quantitative estimate of drug-likeness (QED) is 0.614. The van der Waals surface area contributed by atoms with Gasteiger partial charge in [0.05, 0.1) is 6.42 Å². The summed E-state index contributed by atoms with van der Waals surface area (Å²) in [6.07, 6.45) is 1.44. The highest BCUT2D eigenvalue weighted by Gasteiger charge is 2.31. The lowest BCUT2D eigenvalue weighted by atomic mass is 9.98. The Morgan fingerprint density at radius 1 is 1.03 bits per heavy atom. The molecule has 3 atom stereocenters. The van der Waals surface area contributed by atoms with Gasteiger partial charge in [0.1, 0.15) is 12.6 Å². The number of amides is 2. The fraction of sp³-hybridized carbons (Fsp3) is 0.400. The molecule has 0 aromatic heterocycles. The predicted octanol–water partition coefficient (Wildman–Crippen LogP) is 3.67. The minimum atomic E-state index is -1.18. The van der Waals surface area contributed by atoms with E-state index in [1.54, 1.807) is 0 Å². The zero-order chi connectivity index (χ0) is 22.7. The molecule has 0 heterocycles. The number of carbonyl (C=O) groups excluding carboxylic acids is 2. The summed E-state index contributed by atoms with van der Waals surface area (Å²) in [5.41, 5.74) is 4.39. The van der Waals surface area contributed by atoms with E-state index in [9.17, 15) is 19.5 Å². The number of carboxylic acids is 1. The number of ether oxygens (including phenoxy) is 1. The Balaban J connectivity index is 1.39. The lowest BCUT2D eigenvalue weighted by molar-refractivity contribution is -0.140. The van der Waals surface area contributed by atoms with Crippen molar-refractivity contribution in [3.63, 3.8) is 0 Å². The second-order valence-electron chi connectivity index (χ2n) is 8.74. The Bertz CT molecular complexity index is 975. The van der Waals surface area contributed by atoms with Crippen molar-refractivity contribution in [3.8, 4) is 11.1 Å². The van der Waals surface area contributed by atoms with Crippen molar-refractivity contribution in [2.45, 2.75) is 50.6 Å².